The molecule has 1 fully saturated rings. The van der Waals surface area contributed by atoms with Crippen LogP contribution in [0.2, 0.25) is 5.02 Å². The van der Waals surface area contributed by atoms with Crippen LogP contribution < -0.4 is 10.1 Å². The van der Waals surface area contributed by atoms with Gasteiger partial charge in [-0.2, -0.15) is 0 Å². The van der Waals surface area contributed by atoms with E-state index >= 15 is 0 Å². The summed E-state index contributed by atoms with van der Waals surface area (Å²) in [6.45, 7) is 1.60. The Morgan fingerprint density at radius 1 is 1.44 bits per heavy atom. The number of piperidine rings is 1. The molecule has 1 aromatic carbocycles. The summed E-state index contributed by atoms with van der Waals surface area (Å²) < 4.78 is 18.7. The van der Waals surface area contributed by atoms with E-state index in [2.05, 4.69) is 5.32 Å². The van der Waals surface area contributed by atoms with Crippen molar-refractivity contribution in [3.05, 3.63) is 33.1 Å². The standard InChI is InChI=1S/C11H12ClFN2O3/c12-8-5-11(10(15(16)17)6-9(8)13)18-7-1-3-14-4-2-7/h5-7,14H,1-4H2. The molecule has 0 radical (unpaired) electrons. The summed E-state index contributed by atoms with van der Waals surface area (Å²) in [6, 6.07) is 1.95. The minimum Gasteiger partial charge on any atom is -0.483 e. The Labute approximate surface area is 108 Å². The maximum absolute atomic E-state index is 13.2. The van der Waals surface area contributed by atoms with Crippen LogP contribution in [-0.4, -0.2) is 24.1 Å². The number of halogens is 2. The number of nitrogens with one attached hydrogen (secondary N) is 1. The predicted octanol–water partition coefficient (Wildman–Crippen LogP) is 2.52. The van der Waals surface area contributed by atoms with E-state index in [9.17, 15) is 14.5 Å². The quantitative estimate of drug-likeness (QED) is 0.679. The van der Waals surface area contributed by atoms with E-state index in [-0.39, 0.29) is 16.9 Å². The van der Waals surface area contributed by atoms with Crippen LogP contribution in [0.3, 0.4) is 0 Å². The van der Waals surface area contributed by atoms with Crippen molar-refractivity contribution in [2.45, 2.75) is 18.9 Å². The predicted molar refractivity (Wildman–Crippen MR) is 64.6 cm³/mol. The number of nitro benzene ring substituents is 1. The Morgan fingerprint density at radius 3 is 2.72 bits per heavy atom. The molecule has 7 heteroatoms. The lowest BCUT2D eigenvalue weighted by Gasteiger charge is -2.23. The third-order valence-corrected chi connectivity index (χ3v) is 3.07. The van der Waals surface area contributed by atoms with Gasteiger partial charge in [0, 0.05) is 6.07 Å². The lowest BCUT2D eigenvalue weighted by atomic mass is 10.1. The van der Waals surface area contributed by atoms with Crippen molar-refractivity contribution in [1.29, 1.82) is 0 Å². The van der Waals surface area contributed by atoms with Crippen LogP contribution in [0.1, 0.15) is 12.8 Å². The normalized spacial score (nSPS) is 16.6. The number of hydrogen-bond acceptors (Lipinski definition) is 4. The number of rotatable bonds is 3. The van der Waals surface area contributed by atoms with E-state index in [1.165, 1.54) is 0 Å². The second kappa shape index (κ2) is 5.49. The third-order valence-electron chi connectivity index (χ3n) is 2.78. The van der Waals surface area contributed by atoms with Crippen LogP contribution in [0.15, 0.2) is 12.1 Å². The zero-order chi connectivity index (χ0) is 13.1. The largest absolute Gasteiger partial charge is 0.483 e. The van der Waals surface area contributed by atoms with E-state index in [1.54, 1.807) is 0 Å². The third kappa shape index (κ3) is 2.88. The molecule has 5 nitrogen and oxygen atoms in total. The first kappa shape index (κ1) is 13.0. The first-order valence-corrected chi connectivity index (χ1v) is 5.96. The molecule has 1 aliphatic heterocycles. The van der Waals surface area contributed by atoms with Crippen molar-refractivity contribution in [3.8, 4) is 5.75 Å². The Balaban J connectivity index is 2.24. The zero-order valence-corrected chi connectivity index (χ0v) is 10.2. The first-order chi connectivity index (χ1) is 8.58. The summed E-state index contributed by atoms with van der Waals surface area (Å²) in [5.41, 5.74) is -0.393. The second-order valence-corrected chi connectivity index (χ2v) is 4.47. The maximum atomic E-state index is 13.2. The first-order valence-electron chi connectivity index (χ1n) is 5.58. The molecule has 0 aromatic heterocycles. The van der Waals surface area contributed by atoms with Gasteiger partial charge >= 0.3 is 5.69 Å². The van der Waals surface area contributed by atoms with E-state index in [4.69, 9.17) is 16.3 Å². The van der Waals surface area contributed by atoms with E-state index in [1.807, 2.05) is 0 Å². The highest BCUT2D eigenvalue weighted by Gasteiger charge is 2.23. The molecular formula is C11H12ClFN2O3. The van der Waals surface area contributed by atoms with Crippen molar-refractivity contribution in [1.82, 2.24) is 5.32 Å². The van der Waals surface area contributed by atoms with Gasteiger partial charge in [0.15, 0.2) is 5.75 Å². The molecular weight excluding hydrogens is 263 g/mol. The van der Waals surface area contributed by atoms with Crippen LogP contribution in [0.25, 0.3) is 0 Å². The van der Waals surface area contributed by atoms with Gasteiger partial charge in [-0.25, -0.2) is 4.39 Å². The lowest BCUT2D eigenvalue weighted by Crippen LogP contribution is -2.34. The van der Waals surface area contributed by atoms with Crippen molar-refractivity contribution in [2.24, 2.45) is 0 Å². The number of nitro groups is 1. The molecule has 1 aliphatic rings. The Bertz CT molecular complexity index is 464. The molecule has 98 valence electrons. The molecule has 0 saturated carbocycles. The van der Waals surface area contributed by atoms with Gasteiger partial charge in [0.2, 0.25) is 0 Å². The SMILES string of the molecule is O=[N+]([O-])c1cc(F)c(Cl)cc1OC1CCNCC1. The van der Waals surface area contributed by atoms with Crippen molar-refractivity contribution in [3.63, 3.8) is 0 Å². The minimum atomic E-state index is -0.818. The van der Waals surface area contributed by atoms with Gasteiger partial charge in [-0.3, -0.25) is 10.1 Å². The summed E-state index contributed by atoms with van der Waals surface area (Å²) in [7, 11) is 0. The summed E-state index contributed by atoms with van der Waals surface area (Å²) >= 11 is 5.62. The van der Waals surface area contributed by atoms with Crippen molar-refractivity contribution < 1.29 is 14.1 Å². The molecule has 1 N–H and O–H groups in total. The van der Waals surface area contributed by atoms with Crippen LogP contribution in [0.5, 0.6) is 5.75 Å². The van der Waals surface area contributed by atoms with Gasteiger partial charge in [-0.15, -0.1) is 0 Å². The molecule has 0 unspecified atom stereocenters. The van der Waals surface area contributed by atoms with Crippen LogP contribution in [-0.2, 0) is 0 Å². The zero-order valence-electron chi connectivity index (χ0n) is 9.49. The Kier molecular flexibility index (Phi) is 3.98. The fourth-order valence-corrected chi connectivity index (χ4v) is 2.00. The topological polar surface area (TPSA) is 64.4 Å². The molecule has 0 atom stereocenters. The van der Waals surface area contributed by atoms with Gasteiger partial charge in [0.25, 0.3) is 0 Å². The minimum absolute atomic E-state index is 0.0262. The van der Waals surface area contributed by atoms with E-state index < -0.39 is 16.4 Å². The number of nitrogens with zero attached hydrogens (tertiary/aromatic N) is 1. The van der Waals surface area contributed by atoms with Crippen molar-refractivity contribution in [2.75, 3.05) is 13.1 Å². The van der Waals surface area contributed by atoms with Gasteiger partial charge in [-0.05, 0) is 25.9 Å². The van der Waals surface area contributed by atoms with E-state index in [0.29, 0.717) is 0 Å². The Morgan fingerprint density at radius 2 is 2.11 bits per heavy atom. The summed E-state index contributed by atoms with van der Waals surface area (Å²) in [6.07, 6.45) is 1.41. The van der Waals surface area contributed by atoms with Crippen LogP contribution >= 0.6 is 11.6 Å². The molecule has 1 heterocycles. The lowest BCUT2D eigenvalue weighted by molar-refractivity contribution is -0.386. The van der Waals surface area contributed by atoms with Crippen LogP contribution in [0, 0.1) is 15.9 Å². The van der Waals surface area contributed by atoms with E-state index in [0.717, 1.165) is 38.1 Å². The molecule has 2 rings (SSSR count). The highest BCUT2D eigenvalue weighted by atomic mass is 35.5. The summed E-state index contributed by atoms with van der Waals surface area (Å²) in [5, 5.41) is 13.8. The fourth-order valence-electron chi connectivity index (χ4n) is 1.85. The molecule has 0 spiro atoms. The summed E-state index contributed by atoms with van der Waals surface area (Å²) in [4.78, 5) is 10.2. The smallest absolute Gasteiger partial charge is 0.313 e. The number of benzene rings is 1. The Hall–Kier alpha value is -1.40. The molecule has 0 aliphatic carbocycles. The summed E-state index contributed by atoms with van der Waals surface area (Å²) in [5.74, 6) is -0.792. The molecule has 0 amide bonds. The van der Waals surface area contributed by atoms with Gasteiger partial charge in [0.05, 0.1) is 16.0 Å². The van der Waals surface area contributed by atoms with Crippen LogP contribution in [0.4, 0.5) is 10.1 Å². The molecule has 0 bridgehead atoms. The maximum Gasteiger partial charge on any atom is 0.313 e. The fraction of sp³-hybridized carbons (Fsp3) is 0.455. The average molecular weight is 275 g/mol. The average Bonchev–Trinajstić information content (AvgIpc) is 2.34. The second-order valence-electron chi connectivity index (χ2n) is 4.06. The van der Waals surface area contributed by atoms with Gasteiger partial charge in [-0.1, -0.05) is 11.6 Å². The molecule has 1 aromatic rings. The van der Waals surface area contributed by atoms with Gasteiger partial charge < -0.3 is 10.1 Å². The highest BCUT2D eigenvalue weighted by molar-refractivity contribution is 6.31. The number of ether oxygens (including phenoxy) is 1. The van der Waals surface area contributed by atoms with Crippen molar-refractivity contribution >= 4 is 17.3 Å². The highest BCUT2D eigenvalue weighted by Crippen LogP contribution is 2.33. The molecule has 1 saturated heterocycles. The monoisotopic (exact) mass is 274 g/mol. The number of hydrogen-bond donors (Lipinski definition) is 1. The van der Waals surface area contributed by atoms with Gasteiger partial charge in [0.1, 0.15) is 11.9 Å². The molecule has 18 heavy (non-hydrogen) atoms.